The summed E-state index contributed by atoms with van der Waals surface area (Å²) in [5.41, 5.74) is 0.923. The van der Waals surface area contributed by atoms with E-state index in [4.69, 9.17) is 0 Å². The van der Waals surface area contributed by atoms with Gasteiger partial charge in [0.2, 0.25) is 5.91 Å². The van der Waals surface area contributed by atoms with Crippen molar-refractivity contribution in [2.45, 2.75) is 32.7 Å². The zero-order chi connectivity index (χ0) is 14.5. The number of nitrogens with one attached hydrogen (secondary N) is 1. The molecule has 1 unspecified atom stereocenters. The van der Waals surface area contributed by atoms with E-state index in [0.717, 1.165) is 24.6 Å². The molecule has 0 radical (unpaired) electrons. The monoisotopic (exact) mass is 278 g/mol. The van der Waals surface area contributed by atoms with Crippen LogP contribution in [0.15, 0.2) is 24.3 Å². The summed E-state index contributed by atoms with van der Waals surface area (Å²) in [6.45, 7) is 6.63. The third-order valence-electron chi connectivity index (χ3n) is 3.99. The fourth-order valence-corrected chi connectivity index (χ4v) is 2.55. The van der Waals surface area contributed by atoms with Gasteiger partial charge in [-0.3, -0.25) is 9.69 Å². The molecule has 1 atom stereocenters. The minimum atomic E-state index is -0.255. The SMILES string of the molecule is CC1CCN(CC(=O)NC(C)c2ccc(F)cc2)CC1. The Morgan fingerprint density at radius 1 is 1.35 bits per heavy atom. The van der Waals surface area contributed by atoms with Gasteiger partial charge in [0.05, 0.1) is 12.6 Å². The highest BCUT2D eigenvalue weighted by molar-refractivity contribution is 5.78. The van der Waals surface area contributed by atoms with Gasteiger partial charge >= 0.3 is 0 Å². The van der Waals surface area contributed by atoms with Crippen molar-refractivity contribution in [3.05, 3.63) is 35.6 Å². The maximum atomic E-state index is 12.9. The Kier molecular flexibility index (Phi) is 5.12. The molecule has 110 valence electrons. The molecule has 1 N–H and O–H groups in total. The van der Waals surface area contributed by atoms with E-state index in [0.29, 0.717) is 6.54 Å². The van der Waals surface area contributed by atoms with E-state index >= 15 is 0 Å². The summed E-state index contributed by atoms with van der Waals surface area (Å²) in [5, 5.41) is 2.97. The molecule has 1 amide bonds. The van der Waals surface area contributed by atoms with Crippen LogP contribution in [0, 0.1) is 11.7 Å². The molecule has 0 bridgehead atoms. The lowest BCUT2D eigenvalue weighted by molar-refractivity contribution is -0.123. The molecular formula is C16H23FN2O. The zero-order valence-electron chi connectivity index (χ0n) is 12.2. The number of rotatable bonds is 4. The summed E-state index contributed by atoms with van der Waals surface area (Å²) in [5.74, 6) is 0.554. The number of hydrogen-bond acceptors (Lipinski definition) is 2. The minimum Gasteiger partial charge on any atom is -0.348 e. The summed E-state index contributed by atoms with van der Waals surface area (Å²) in [4.78, 5) is 14.2. The van der Waals surface area contributed by atoms with Crippen LogP contribution in [0.2, 0.25) is 0 Å². The highest BCUT2D eigenvalue weighted by Crippen LogP contribution is 2.16. The second kappa shape index (κ2) is 6.84. The van der Waals surface area contributed by atoms with Crippen molar-refractivity contribution in [3.8, 4) is 0 Å². The lowest BCUT2D eigenvalue weighted by atomic mass is 9.99. The predicted octanol–water partition coefficient (Wildman–Crippen LogP) is 2.73. The summed E-state index contributed by atoms with van der Waals surface area (Å²) >= 11 is 0. The molecule has 0 saturated carbocycles. The van der Waals surface area contributed by atoms with Crippen LogP contribution in [0.25, 0.3) is 0 Å². The molecule has 1 saturated heterocycles. The Balaban J connectivity index is 1.80. The average Bonchev–Trinajstić information content (AvgIpc) is 2.42. The Morgan fingerprint density at radius 3 is 2.55 bits per heavy atom. The van der Waals surface area contributed by atoms with Gasteiger partial charge in [0.25, 0.3) is 0 Å². The number of benzene rings is 1. The van der Waals surface area contributed by atoms with Gasteiger partial charge in [0.1, 0.15) is 5.82 Å². The van der Waals surface area contributed by atoms with E-state index in [2.05, 4.69) is 17.1 Å². The smallest absolute Gasteiger partial charge is 0.234 e. The topological polar surface area (TPSA) is 32.3 Å². The maximum Gasteiger partial charge on any atom is 0.234 e. The van der Waals surface area contributed by atoms with E-state index in [-0.39, 0.29) is 17.8 Å². The second-order valence-corrected chi connectivity index (χ2v) is 5.80. The Labute approximate surface area is 120 Å². The van der Waals surface area contributed by atoms with E-state index in [9.17, 15) is 9.18 Å². The molecule has 1 heterocycles. The van der Waals surface area contributed by atoms with Gasteiger partial charge in [0, 0.05) is 0 Å². The molecule has 2 rings (SSSR count). The van der Waals surface area contributed by atoms with Gasteiger partial charge in [-0.15, -0.1) is 0 Å². The number of carbonyl (C=O) groups excluding carboxylic acids is 1. The van der Waals surface area contributed by atoms with Gasteiger partial charge in [-0.2, -0.15) is 0 Å². The van der Waals surface area contributed by atoms with Crippen molar-refractivity contribution in [2.75, 3.05) is 19.6 Å². The lowest BCUT2D eigenvalue weighted by Crippen LogP contribution is -2.41. The summed E-state index contributed by atoms with van der Waals surface area (Å²) in [7, 11) is 0. The van der Waals surface area contributed by atoms with Crippen LogP contribution in [-0.2, 0) is 4.79 Å². The van der Waals surface area contributed by atoms with Gasteiger partial charge in [-0.05, 0) is 56.5 Å². The number of nitrogens with zero attached hydrogens (tertiary/aromatic N) is 1. The number of likely N-dealkylation sites (tertiary alicyclic amines) is 1. The molecule has 1 aliphatic rings. The van der Waals surface area contributed by atoms with Crippen molar-refractivity contribution in [1.29, 1.82) is 0 Å². The van der Waals surface area contributed by atoms with E-state index in [1.807, 2.05) is 6.92 Å². The van der Waals surface area contributed by atoms with Crippen molar-refractivity contribution in [1.82, 2.24) is 10.2 Å². The third kappa shape index (κ3) is 4.30. The van der Waals surface area contributed by atoms with Crippen LogP contribution in [0.5, 0.6) is 0 Å². The fourth-order valence-electron chi connectivity index (χ4n) is 2.55. The van der Waals surface area contributed by atoms with Crippen LogP contribution < -0.4 is 5.32 Å². The summed E-state index contributed by atoms with van der Waals surface area (Å²) in [6.07, 6.45) is 2.33. The Bertz CT molecular complexity index is 438. The van der Waals surface area contributed by atoms with Crippen LogP contribution in [-0.4, -0.2) is 30.4 Å². The van der Waals surface area contributed by atoms with Crippen molar-refractivity contribution >= 4 is 5.91 Å². The Morgan fingerprint density at radius 2 is 1.95 bits per heavy atom. The van der Waals surface area contributed by atoms with Crippen LogP contribution in [0.1, 0.15) is 38.3 Å². The number of piperidine rings is 1. The molecule has 0 aromatic heterocycles. The van der Waals surface area contributed by atoms with E-state index in [1.165, 1.54) is 25.0 Å². The first-order valence-electron chi connectivity index (χ1n) is 7.32. The molecule has 3 nitrogen and oxygen atoms in total. The number of amides is 1. The number of hydrogen-bond donors (Lipinski definition) is 1. The quantitative estimate of drug-likeness (QED) is 0.918. The highest BCUT2D eigenvalue weighted by Gasteiger charge is 2.18. The third-order valence-corrected chi connectivity index (χ3v) is 3.99. The van der Waals surface area contributed by atoms with Crippen molar-refractivity contribution < 1.29 is 9.18 Å². The second-order valence-electron chi connectivity index (χ2n) is 5.80. The molecule has 1 fully saturated rings. The molecule has 1 aromatic carbocycles. The molecule has 1 aliphatic heterocycles. The molecular weight excluding hydrogens is 255 g/mol. The standard InChI is InChI=1S/C16H23FN2O/c1-12-7-9-19(10-8-12)11-16(20)18-13(2)14-3-5-15(17)6-4-14/h3-6,12-13H,7-11H2,1-2H3,(H,18,20). The zero-order valence-corrected chi connectivity index (χ0v) is 12.2. The summed E-state index contributed by atoms with van der Waals surface area (Å²) in [6, 6.07) is 6.17. The van der Waals surface area contributed by atoms with E-state index < -0.39 is 0 Å². The minimum absolute atomic E-state index is 0.0383. The summed E-state index contributed by atoms with van der Waals surface area (Å²) < 4.78 is 12.9. The maximum absolute atomic E-state index is 12.9. The molecule has 0 aliphatic carbocycles. The number of carbonyl (C=O) groups is 1. The van der Waals surface area contributed by atoms with Gasteiger partial charge in [-0.1, -0.05) is 19.1 Å². The van der Waals surface area contributed by atoms with Gasteiger partial charge in [-0.25, -0.2) is 4.39 Å². The predicted molar refractivity (Wildman–Crippen MR) is 77.8 cm³/mol. The van der Waals surface area contributed by atoms with Crippen LogP contribution in [0.3, 0.4) is 0 Å². The largest absolute Gasteiger partial charge is 0.348 e. The van der Waals surface area contributed by atoms with Gasteiger partial charge < -0.3 is 5.32 Å². The van der Waals surface area contributed by atoms with Crippen LogP contribution >= 0.6 is 0 Å². The molecule has 20 heavy (non-hydrogen) atoms. The molecule has 4 heteroatoms. The normalized spacial score (nSPS) is 18.8. The first-order valence-corrected chi connectivity index (χ1v) is 7.32. The first kappa shape index (κ1) is 15.0. The molecule has 1 aromatic rings. The Hall–Kier alpha value is -1.42. The van der Waals surface area contributed by atoms with Crippen molar-refractivity contribution in [2.24, 2.45) is 5.92 Å². The number of halogens is 1. The van der Waals surface area contributed by atoms with Gasteiger partial charge in [0.15, 0.2) is 0 Å². The lowest BCUT2D eigenvalue weighted by Gasteiger charge is -2.30. The van der Waals surface area contributed by atoms with Crippen LogP contribution in [0.4, 0.5) is 4.39 Å². The first-order chi connectivity index (χ1) is 9.54. The van der Waals surface area contributed by atoms with E-state index in [1.54, 1.807) is 12.1 Å². The van der Waals surface area contributed by atoms with Crippen molar-refractivity contribution in [3.63, 3.8) is 0 Å². The molecule has 0 spiro atoms. The highest BCUT2D eigenvalue weighted by atomic mass is 19.1. The average molecular weight is 278 g/mol. The fraction of sp³-hybridized carbons (Fsp3) is 0.562.